The largest absolute Gasteiger partial charge is 0.283 e. The number of benzene rings is 1. The fraction of sp³-hybridized carbons (Fsp3) is 0. The first kappa shape index (κ1) is 15.5. The number of pyridine rings is 1. The predicted octanol–water partition coefficient (Wildman–Crippen LogP) is 2.30. The maximum absolute atomic E-state index is 12.3. The summed E-state index contributed by atoms with van der Waals surface area (Å²) in [5.41, 5.74) is -1.23. The van der Waals surface area contributed by atoms with Gasteiger partial charge < -0.3 is 0 Å². The Morgan fingerprint density at radius 3 is 2.24 bits per heavy atom. The zero-order valence-corrected chi connectivity index (χ0v) is 12.4. The average Bonchev–Trinajstić information content (AvgIpc) is 2.42. The lowest BCUT2D eigenvalue weighted by Crippen LogP contribution is -2.27. The lowest BCUT2D eigenvalue weighted by molar-refractivity contribution is -0.384. The van der Waals surface area contributed by atoms with Gasteiger partial charge in [0.05, 0.1) is 14.8 Å². The van der Waals surface area contributed by atoms with Gasteiger partial charge >= 0.3 is 0 Å². The average molecular weight is 349 g/mol. The van der Waals surface area contributed by atoms with Crippen LogP contribution >= 0.6 is 23.2 Å². The van der Waals surface area contributed by atoms with E-state index in [0.717, 1.165) is 36.5 Å². The van der Waals surface area contributed by atoms with E-state index < -0.39 is 20.5 Å². The van der Waals surface area contributed by atoms with E-state index in [-0.39, 0.29) is 20.6 Å². The van der Waals surface area contributed by atoms with E-state index in [4.69, 9.17) is 23.2 Å². The monoisotopic (exact) mass is 348 g/mol. The number of rotatable bonds is 3. The summed E-state index contributed by atoms with van der Waals surface area (Å²) in [6.45, 7) is 0. The Hall–Kier alpha value is -1.90. The van der Waals surface area contributed by atoms with Crippen molar-refractivity contribution in [3.63, 3.8) is 0 Å². The number of non-ortho nitro benzene ring substituents is 1. The van der Waals surface area contributed by atoms with Crippen LogP contribution in [0.5, 0.6) is 0 Å². The molecule has 0 N–H and O–H groups in total. The predicted molar refractivity (Wildman–Crippen MR) is 76.4 cm³/mol. The highest BCUT2D eigenvalue weighted by atomic mass is 35.5. The van der Waals surface area contributed by atoms with Gasteiger partial charge in [-0.25, -0.2) is 12.4 Å². The van der Waals surface area contributed by atoms with E-state index in [9.17, 15) is 23.3 Å². The SMILES string of the molecule is O=c1c(Cl)cc(Cl)cn1S(=O)(=O)c1ccc([N+](=O)[O-])cc1. The number of halogens is 2. The topological polar surface area (TPSA) is 99.3 Å². The van der Waals surface area contributed by atoms with Crippen LogP contribution in [0.3, 0.4) is 0 Å². The second-order valence-electron chi connectivity index (χ2n) is 3.86. The Labute approximate surface area is 128 Å². The van der Waals surface area contributed by atoms with Crippen molar-refractivity contribution in [3.05, 3.63) is 67.0 Å². The van der Waals surface area contributed by atoms with Crippen LogP contribution in [0.4, 0.5) is 5.69 Å². The van der Waals surface area contributed by atoms with Crippen molar-refractivity contribution >= 4 is 38.9 Å². The molecule has 1 aromatic heterocycles. The molecule has 2 rings (SSSR count). The molecule has 0 saturated heterocycles. The van der Waals surface area contributed by atoms with E-state index in [1.54, 1.807) is 0 Å². The third kappa shape index (κ3) is 2.92. The molecular weight excluding hydrogens is 343 g/mol. The lowest BCUT2D eigenvalue weighted by atomic mass is 10.3. The molecule has 0 aliphatic carbocycles. The summed E-state index contributed by atoms with van der Waals surface area (Å²) in [7, 11) is -4.24. The van der Waals surface area contributed by atoms with Crippen molar-refractivity contribution in [1.29, 1.82) is 0 Å². The van der Waals surface area contributed by atoms with Crippen molar-refractivity contribution in [2.24, 2.45) is 0 Å². The molecule has 0 spiro atoms. The van der Waals surface area contributed by atoms with Gasteiger partial charge in [-0.1, -0.05) is 23.2 Å². The Kier molecular flexibility index (Phi) is 4.04. The van der Waals surface area contributed by atoms with Crippen LogP contribution in [-0.4, -0.2) is 17.3 Å². The molecule has 0 radical (unpaired) electrons. The van der Waals surface area contributed by atoms with Crippen molar-refractivity contribution in [3.8, 4) is 0 Å². The van der Waals surface area contributed by atoms with Crippen LogP contribution < -0.4 is 5.56 Å². The Bertz CT molecular complexity index is 874. The molecule has 0 unspecified atom stereocenters. The highest BCUT2D eigenvalue weighted by Gasteiger charge is 2.21. The maximum Gasteiger partial charge on any atom is 0.283 e. The van der Waals surface area contributed by atoms with Crippen LogP contribution in [-0.2, 0) is 10.0 Å². The van der Waals surface area contributed by atoms with Crippen molar-refractivity contribution in [2.45, 2.75) is 4.90 Å². The van der Waals surface area contributed by atoms with Crippen molar-refractivity contribution in [2.75, 3.05) is 0 Å². The highest BCUT2D eigenvalue weighted by Crippen LogP contribution is 2.19. The summed E-state index contributed by atoms with van der Waals surface area (Å²) in [6.07, 6.45) is 0.909. The molecule has 0 aliphatic heterocycles. The summed E-state index contributed by atoms with van der Waals surface area (Å²) in [4.78, 5) is 21.4. The number of hydrogen-bond acceptors (Lipinski definition) is 5. The second kappa shape index (κ2) is 5.47. The van der Waals surface area contributed by atoms with Crippen LogP contribution in [0, 0.1) is 10.1 Å². The second-order valence-corrected chi connectivity index (χ2v) is 6.52. The van der Waals surface area contributed by atoms with E-state index >= 15 is 0 Å². The number of hydrogen-bond donors (Lipinski definition) is 0. The molecule has 0 aliphatic rings. The third-order valence-corrected chi connectivity index (χ3v) is 4.65. The fourth-order valence-corrected chi connectivity index (χ4v) is 3.38. The first-order valence-corrected chi connectivity index (χ1v) is 7.51. The number of nitrogens with zero attached hydrogens (tertiary/aromatic N) is 2. The van der Waals surface area contributed by atoms with Gasteiger partial charge in [0.25, 0.3) is 21.3 Å². The first-order chi connectivity index (χ1) is 9.73. The number of nitro benzene ring substituents is 1. The zero-order valence-electron chi connectivity index (χ0n) is 10.1. The zero-order chi connectivity index (χ0) is 15.8. The third-order valence-electron chi connectivity index (χ3n) is 2.51. The highest BCUT2D eigenvalue weighted by molar-refractivity contribution is 7.90. The van der Waals surface area contributed by atoms with E-state index in [0.29, 0.717) is 3.97 Å². The summed E-state index contributed by atoms with van der Waals surface area (Å²) < 4.78 is 25.0. The Morgan fingerprint density at radius 1 is 1.14 bits per heavy atom. The summed E-state index contributed by atoms with van der Waals surface area (Å²) >= 11 is 11.3. The molecule has 0 fully saturated rings. The summed E-state index contributed by atoms with van der Waals surface area (Å²) in [5.74, 6) is 0. The molecule has 0 saturated carbocycles. The molecule has 21 heavy (non-hydrogen) atoms. The molecule has 7 nitrogen and oxygen atoms in total. The van der Waals surface area contributed by atoms with Crippen LogP contribution in [0.1, 0.15) is 0 Å². The van der Waals surface area contributed by atoms with Crippen LogP contribution in [0.25, 0.3) is 0 Å². The molecular formula is C11H6Cl2N2O5S. The van der Waals surface area contributed by atoms with Gasteiger partial charge in [0.1, 0.15) is 5.02 Å². The molecule has 10 heteroatoms. The molecule has 1 aromatic carbocycles. The van der Waals surface area contributed by atoms with Crippen molar-refractivity contribution in [1.82, 2.24) is 3.97 Å². The van der Waals surface area contributed by atoms with Gasteiger partial charge in [-0.15, -0.1) is 0 Å². The van der Waals surface area contributed by atoms with Gasteiger partial charge in [-0.3, -0.25) is 14.9 Å². The number of aromatic nitrogens is 1. The van der Waals surface area contributed by atoms with Gasteiger partial charge in [0.15, 0.2) is 0 Å². The van der Waals surface area contributed by atoms with E-state index in [1.165, 1.54) is 0 Å². The summed E-state index contributed by atoms with van der Waals surface area (Å²) in [5, 5.41) is 10.2. The number of nitro groups is 1. The van der Waals surface area contributed by atoms with E-state index in [2.05, 4.69) is 0 Å². The normalized spacial score (nSPS) is 11.3. The van der Waals surface area contributed by atoms with Crippen LogP contribution in [0.15, 0.2) is 46.2 Å². The minimum atomic E-state index is -4.24. The minimum Gasteiger partial charge on any atom is -0.267 e. The molecule has 0 amide bonds. The lowest BCUT2D eigenvalue weighted by Gasteiger charge is -2.08. The van der Waals surface area contributed by atoms with Gasteiger partial charge in [0.2, 0.25) is 0 Å². The fourth-order valence-electron chi connectivity index (χ4n) is 1.53. The smallest absolute Gasteiger partial charge is 0.267 e. The quantitative estimate of drug-likeness (QED) is 0.625. The van der Waals surface area contributed by atoms with Gasteiger partial charge in [0, 0.05) is 18.3 Å². The Balaban J connectivity index is 2.62. The molecule has 110 valence electrons. The van der Waals surface area contributed by atoms with Gasteiger partial charge in [-0.05, 0) is 18.2 Å². The van der Waals surface area contributed by atoms with Crippen LogP contribution in [0.2, 0.25) is 10.0 Å². The first-order valence-electron chi connectivity index (χ1n) is 5.31. The molecule has 1 heterocycles. The van der Waals surface area contributed by atoms with Gasteiger partial charge in [-0.2, -0.15) is 0 Å². The minimum absolute atomic E-state index is 0.0370. The standard InChI is InChI=1S/C11H6Cl2N2O5S/c12-7-5-10(13)11(16)14(6-7)21(19,20)9-3-1-8(2-4-9)15(17)18/h1-6H. The Morgan fingerprint density at radius 2 is 1.71 bits per heavy atom. The van der Waals surface area contributed by atoms with Crippen molar-refractivity contribution < 1.29 is 13.3 Å². The molecule has 2 aromatic rings. The molecule has 0 atom stereocenters. The van der Waals surface area contributed by atoms with E-state index in [1.807, 2.05) is 0 Å². The maximum atomic E-state index is 12.3. The molecule has 0 bridgehead atoms. The summed E-state index contributed by atoms with van der Waals surface area (Å²) in [6, 6.07) is 5.20.